The first-order valence-corrected chi connectivity index (χ1v) is 9.63. The van der Waals surface area contributed by atoms with E-state index in [1.54, 1.807) is 4.57 Å². The molecule has 0 bridgehead atoms. The zero-order valence-electron chi connectivity index (χ0n) is 15.8. The van der Waals surface area contributed by atoms with Crippen LogP contribution in [0.25, 0.3) is 0 Å². The first-order chi connectivity index (χ1) is 13.1. The van der Waals surface area contributed by atoms with Crippen LogP contribution in [0.5, 0.6) is 0 Å². The summed E-state index contributed by atoms with van der Waals surface area (Å²) in [6.45, 7) is 3.10. The van der Waals surface area contributed by atoms with E-state index in [0.717, 1.165) is 41.8 Å². The summed E-state index contributed by atoms with van der Waals surface area (Å²) in [5.41, 5.74) is 4.92. The summed E-state index contributed by atoms with van der Waals surface area (Å²) in [6, 6.07) is 8.08. The largest absolute Gasteiger partial charge is 0.396 e. The standard InChI is InChI=1S/C21H27N3O3/c1-15-6-8-16(9-7-15)14-22-20(26)11-10-18-17-4-2-5-19(17)24(12-3-13-25)21(27)23-18/h6-9,25H,2-5,10-14H2,1H3,(H,22,26). The molecular formula is C21H27N3O3. The molecule has 0 saturated heterocycles. The summed E-state index contributed by atoms with van der Waals surface area (Å²) in [5, 5.41) is 12.0. The van der Waals surface area contributed by atoms with Crippen LogP contribution in [0.4, 0.5) is 0 Å². The highest BCUT2D eigenvalue weighted by Gasteiger charge is 2.21. The number of carbonyl (C=O) groups is 1. The second kappa shape index (κ2) is 8.95. The monoisotopic (exact) mass is 369 g/mol. The van der Waals surface area contributed by atoms with E-state index in [1.165, 1.54) is 5.56 Å². The van der Waals surface area contributed by atoms with Crippen LogP contribution in [0.3, 0.4) is 0 Å². The summed E-state index contributed by atoms with van der Waals surface area (Å²) in [7, 11) is 0. The van der Waals surface area contributed by atoms with Gasteiger partial charge >= 0.3 is 5.69 Å². The van der Waals surface area contributed by atoms with Crippen LogP contribution in [0.2, 0.25) is 0 Å². The maximum atomic E-state index is 12.4. The van der Waals surface area contributed by atoms with Crippen LogP contribution < -0.4 is 11.0 Å². The molecule has 1 aromatic heterocycles. The Kier molecular flexibility index (Phi) is 6.40. The van der Waals surface area contributed by atoms with Gasteiger partial charge in [-0.2, -0.15) is 4.98 Å². The average Bonchev–Trinajstić information content (AvgIpc) is 3.15. The molecule has 0 spiro atoms. The van der Waals surface area contributed by atoms with Crippen molar-refractivity contribution in [2.24, 2.45) is 0 Å². The van der Waals surface area contributed by atoms with E-state index < -0.39 is 0 Å². The predicted octanol–water partition coefficient (Wildman–Crippen LogP) is 1.67. The fourth-order valence-corrected chi connectivity index (χ4v) is 3.59. The molecule has 2 N–H and O–H groups in total. The minimum atomic E-state index is -0.265. The fourth-order valence-electron chi connectivity index (χ4n) is 3.59. The van der Waals surface area contributed by atoms with Gasteiger partial charge < -0.3 is 10.4 Å². The number of aliphatic hydroxyl groups excluding tert-OH is 1. The number of aliphatic hydroxyl groups is 1. The van der Waals surface area contributed by atoms with E-state index >= 15 is 0 Å². The highest BCUT2D eigenvalue weighted by atomic mass is 16.3. The van der Waals surface area contributed by atoms with Gasteiger partial charge in [0, 0.05) is 31.8 Å². The van der Waals surface area contributed by atoms with Crippen molar-refractivity contribution in [2.45, 2.75) is 58.5 Å². The molecule has 6 nitrogen and oxygen atoms in total. The predicted molar refractivity (Wildman–Crippen MR) is 104 cm³/mol. The van der Waals surface area contributed by atoms with E-state index in [-0.39, 0.29) is 18.2 Å². The van der Waals surface area contributed by atoms with Gasteiger partial charge in [-0.05, 0) is 50.2 Å². The van der Waals surface area contributed by atoms with E-state index in [1.807, 2.05) is 31.2 Å². The van der Waals surface area contributed by atoms with Crippen molar-refractivity contribution in [3.8, 4) is 0 Å². The van der Waals surface area contributed by atoms with Crippen molar-refractivity contribution < 1.29 is 9.90 Å². The van der Waals surface area contributed by atoms with Crippen molar-refractivity contribution in [3.63, 3.8) is 0 Å². The molecule has 2 aromatic rings. The van der Waals surface area contributed by atoms with Crippen LogP contribution in [0, 0.1) is 6.92 Å². The summed E-state index contributed by atoms with van der Waals surface area (Å²) in [4.78, 5) is 28.8. The molecule has 1 aromatic carbocycles. The topological polar surface area (TPSA) is 84.2 Å². The summed E-state index contributed by atoms with van der Waals surface area (Å²) in [6.07, 6.45) is 4.14. The van der Waals surface area contributed by atoms with Crippen molar-refractivity contribution in [3.05, 3.63) is 62.8 Å². The minimum absolute atomic E-state index is 0.0337. The minimum Gasteiger partial charge on any atom is -0.396 e. The summed E-state index contributed by atoms with van der Waals surface area (Å²) >= 11 is 0. The van der Waals surface area contributed by atoms with Crippen LogP contribution in [-0.4, -0.2) is 27.2 Å². The van der Waals surface area contributed by atoms with E-state index in [9.17, 15) is 9.59 Å². The number of aryl methyl sites for hydroxylation is 2. The first-order valence-electron chi connectivity index (χ1n) is 9.63. The molecule has 1 aliphatic carbocycles. The van der Waals surface area contributed by atoms with Gasteiger partial charge in [0.15, 0.2) is 0 Å². The number of hydrogen-bond acceptors (Lipinski definition) is 4. The molecule has 1 heterocycles. The van der Waals surface area contributed by atoms with Gasteiger partial charge in [0.05, 0.1) is 5.69 Å². The smallest absolute Gasteiger partial charge is 0.347 e. The normalized spacial score (nSPS) is 12.8. The molecule has 0 atom stereocenters. The third-order valence-corrected chi connectivity index (χ3v) is 5.06. The van der Waals surface area contributed by atoms with Gasteiger partial charge in [0.25, 0.3) is 0 Å². The molecular weight excluding hydrogens is 342 g/mol. The number of nitrogens with zero attached hydrogens (tertiary/aromatic N) is 2. The number of amides is 1. The third kappa shape index (κ3) is 4.83. The van der Waals surface area contributed by atoms with Gasteiger partial charge in [-0.15, -0.1) is 0 Å². The van der Waals surface area contributed by atoms with E-state index in [4.69, 9.17) is 5.11 Å². The van der Waals surface area contributed by atoms with E-state index in [2.05, 4.69) is 10.3 Å². The molecule has 0 unspecified atom stereocenters. The van der Waals surface area contributed by atoms with Crippen molar-refractivity contribution >= 4 is 5.91 Å². The Labute approximate surface area is 159 Å². The van der Waals surface area contributed by atoms with Crippen LogP contribution in [0.15, 0.2) is 29.1 Å². The number of fused-ring (bicyclic) bond motifs is 1. The number of carbonyl (C=O) groups excluding carboxylic acids is 1. The van der Waals surface area contributed by atoms with Crippen LogP contribution >= 0.6 is 0 Å². The van der Waals surface area contributed by atoms with Crippen LogP contribution in [-0.2, 0) is 37.1 Å². The second-order valence-corrected chi connectivity index (χ2v) is 7.11. The van der Waals surface area contributed by atoms with Gasteiger partial charge in [-0.3, -0.25) is 9.36 Å². The molecule has 0 saturated carbocycles. The molecule has 6 heteroatoms. The highest BCUT2D eigenvalue weighted by Crippen LogP contribution is 2.23. The molecule has 27 heavy (non-hydrogen) atoms. The Morgan fingerprint density at radius 3 is 2.78 bits per heavy atom. The van der Waals surface area contributed by atoms with Gasteiger partial charge in [-0.1, -0.05) is 29.8 Å². The summed E-state index contributed by atoms with van der Waals surface area (Å²) in [5.74, 6) is -0.0337. The lowest BCUT2D eigenvalue weighted by molar-refractivity contribution is -0.121. The van der Waals surface area contributed by atoms with E-state index in [0.29, 0.717) is 32.4 Å². The van der Waals surface area contributed by atoms with Gasteiger partial charge in [0.2, 0.25) is 5.91 Å². The van der Waals surface area contributed by atoms with Crippen molar-refractivity contribution in [1.29, 1.82) is 0 Å². The average molecular weight is 369 g/mol. The Bertz CT molecular complexity index is 856. The van der Waals surface area contributed by atoms with Crippen LogP contribution in [0.1, 0.15) is 47.3 Å². The molecule has 3 rings (SSSR count). The maximum absolute atomic E-state index is 12.4. The molecule has 144 valence electrons. The fraction of sp³-hybridized carbons (Fsp3) is 0.476. The quantitative estimate of drug-likeness (QED) is 0.741. The molecule has 1 aliphatic rings. The highest BCUT2D eigenvalue weighted by molar-refractivity contribution is 5.76. The lowest BCUT2D eigenvalue weighted by Crippen LogP contribution is -2.29. The lowest BCUT2D eigenvalue weighted by Gasteiger charge is -2.14. The Hall–Kier alpha value is -2.47. The molecule has 0 radical (unpaired) electrons. The Balaban J connectivity index is 1.61. The number of nitrogens with one attached hydrogen (secondary N) is 1. The van der Waals surface area contributed by atoms with Crippen molar-refractivity contribution in [1.82, 2.24) is 14.9 Å². The van der Waals surface area contributed by atoms with Crippen molar-refractivity contribution in [2.75, 3.05) is 6.61 Å². The molecule has 1 amide bonds. The zero-order chi connectivity index (χ0) is 19.2. The first kappa shape index (κ1) is 19.3. The number of hydrogen-bond donors (Lipinski definition) is 2. The zero-order valence-corrected chi connectivity index (χ0v) is 15.8. The molecule has 0 aliphatic heterocycles. The molecule has 0 fully saturated rings. The number of aromatic nitrogens is 2. The van der Waals surface area contributed by atoms with Gasteiger partial charge in [0.1, 0.15) is 0 Å². The van der Waals surface area contributed by atoms with Gasteiger partial charge in [-0.25, -0.2) is 4.79 Å². The summed E-state index contributed by atoms with van der Waals surface area (Å²) < 4.78 is 1.69. The SMILES string of the molecule is Cc1ccc(CNC(=O)CCc2nc(=O)n(CCCO)c3c2CCC3)cc1. The number of rotatable bonds is 8. The maximum Gasteiger partial charge on any atom is 0.347 e. The Morgan fingerprint density at radius 2 is 2.04 bits per heavy atom. The second-order valence-electron chi connectivity index (χ2n) is 7.11. The lowest BCUT2D eigenvalue weighted by atomic mass is 10.1. The third-order valence-electron chi connectivity index (χ3n) is 5.06. The number of benzene rings is 1. The Morgan fingerprint density at radius 1 is 1.26 bits per heavy atom.